The van der Waals surface area contributed by atoms with Gasteiger partial charge in [-0.1, -0.05) is 23.2 Å². The van der Waals surface area contributed by atoms with Gasteiger partial charge in [0.1, 0.15) is 5.15 Å². The molecule has 22 heavy (non-hydrogen) atoms. The van der Waals surface area contributed by atoms with Gasteiger partial charge in [-0.3, -0.25) is 4.79 Å². The van der Waals surface area contributed by atoms with E-state index >= 15 is 0 Å². The molecule has 1 aromatic carbocycles. The molecule has 0 saturated heterocycles. The van der Waals surface area contributed by atoms with Crippen LogP contribution in [-0.4, -0.2) is 24.1 Å². The van der Waals surface area contributed by atoms with Crippen LogP contribution in [0.5, 0.6) is 11.5 Å². The van der Waals surface area contributed by atoms with Crippen LogP contribution < -0.4 is 14.8 Å². The summed E-state index contributed by atoms with van der Waals surface area (Å²) in [7, 11) is 0. The van der Waals surface area contributed by atoms with Gasteiger partial charge in [-0.15, -0.1) is 0 Å². The van der Waals surface area contributed by atoms with Crippen molar-refractivity contribution >= 4 is 34.8 Å². The second-order valence-corrected chi connectivity index (χ2v) is 5.39. The number of carbonyl (C=O) groups is 1. The number of aromatic nitrogens is 1. The van der Waals surface area contributed by atoms with E-state index in [0.29, 0.717) is 35.4 Å². The number of carbonyl (C=O) groups excluding carboxylic acids is 1. The third kappa shape index (κ3) is 3.10. The zero-order valence-corrected chi connectivity index (χ0v) is 12.9. The molecule has 0 spiro atoms. The lowest BCUT2D eigenvalue weighted by atomic mass is 10.2. The molecule has 1 amide bonds. The number of halogens is 2. The summed E-state index contributed by atoms with van der Waals surface area (Å²) in [5.74, 6) is 0.726. The van der Waals surface area contributed by atoms with Gasteiger partial charge in [-0.25, -0.2) is 4.98 Å². The minimum Gasteiger partial charge on any atom is -0.490 e. The predicted molar refractivity (Wildman–Crippen MR) is 84.3 cm³/mol. The average molecular weight is 339 g/mol. The second-order valence-electron chi connectivity index (χ2n) is 4.63. The summed E-state index contributed by atoms with van der Waals surface area (Å²) in [5, 5.41) is 3.20. The number of benzene rings is 1. The number of nitrogens with zero attached hydrogens (tertiary/aromatic N) is 1. The maximum atomic E-state index is 12.3. The molecule has 1 aliphatic rings. The fourth-order valence-corrected chi connectivity index (χ4v) is 2.43. The molecule has 0 unspecified atom stereocenters. The quantitative estimate of drug-likeness (QED) is 0.846. The van der Waals surface area contributed by atoms with Gasteiger partial charge in [0.05, 0.1) is 29.5 Å². The van der Waals surface area contributed by atoms with Crippen LogP contribution in [0.2, 0.25) is 10.2 Å². The highest BCUT2D eigenvalue weighted by Gasteiger charge is 2.17. The largest absolute Gasteiger partial charge is 0.490 e. The molecule has 0 aliphatic carbocycles. The van der Waals surface area contributed by atoms with Crippen molar-refractivity contribution in [2.24, 2.45) is 0 Å². The molecule has 2 heterocycles. The number of anilines is 1. The zero-order valence-electron chi connectivity index (χ0n) is 11.4. The van der Waals surface area contributed by atoms with E-state index in [2.05, 4.69) is 10.3 Å². The lowest BCUT2D eigenvalue weighted by Crippen LogP contribution is -2.13. The highest BCUT2D eigenvalue weighted by molar-refractivity contribution is 6.35. The number of ether oxygens (including phenoxy) is 2. The van der Waals surface area contributed by atoms with E-state index in [0.717, 1.165) is 6.42 Å². The van der Waals surface area contributed by atoms with E-state index < -0.39 is 5.91 Å². The zero-order chi connectivity index (χ0) is 15.5. The number of fused-ring (bicyclic) bond motifs is 1. The van der Waals surface area contributed by atoms with Crippen LogP contribution in [0, 0.1) is 0 Å². The van der Waals surface area contributed by atoms with E-state index in [4.69, 9.17) is 32.7 Å². The molecule has 1 N–H and O–H groups in total. The molecule has 1 aromatic heterocycles. The third-order valence-electron chi connectivity index (χ3n) is 3.09. The minimum absolute atomic E-state index is 0.130. The van der Waals surface area contributed by atoms with Gasteiger partial charge in [-0.2, -0.15) is 0 Å². The Bertz CT molecular complexity index is 722. The first-order chi connectivity index (χ1) is 10.6. The maximum Gasteiger partial charge on any atom is 0.258 e. The molecule has 3 rings (SSSR count). The first-order valence-corrected chi connectivity index (χ1v) is 7.42. The van der Waals surface area contributed by atoms with Crippen LogP contribution in [0.4, 0.5) is 5.69 Å². The number of rotatable bonds is 2. The number of hydrogen-bond acceptors (Lipinski definition) is 4. The monoisotopic (exact) mass is 338 g/mol. The van der Waals surface area contributed by atoms with Crippen molar-refractivity contribution in [2.75, 3.05) is 18.5 Å². The van der Waals surface area contributed by atoms with E-state index in [1.807, 2.05) is 0 Å². The smallest absolute Gasteiger partial charge is 0.258 e. The molecule has 0 radical (unpaired) electrons. The fraction of sp³-hybridized carbons (Fsp3) is 0.200. The molecule has 114 valence electrons. The fourth-order valence-electron chi connectivity index (χ4n) is 2.02. The van der Waals surface area contributed by atoms with Gasteiger partial charge >= 0.3 is 0 Å². The number of hydrogen-bond donors (Lipinski definition) is 1. The lowest BCUT2D eigenvalue weighted by Gasteiger charge is -2.12. The first-order valence-electron chi connectivity index (χ1n) is 6.66. The summed E-state index contributed by atoms with van der Waals surface area (Å²) >= 11 is 12.1. The normalized spacial score (nSPS) is 13.4. The van der Waals surface area contributed by atoms with Gasteiger partial charge in [0, 0.05) is 24.8 Å². The van der Waals surface area contributed by atoms with Gasteiger partial charge in [-0.05, 0) is 12.1 Å². The van der Waals surface area contributed by atoms with E-state index in [9.17, 15) is 4.79 Å². The Kier molecular flexibility index (Phi) is 4.36. The van der Waals surface area contributed by atoms with E-state index in [1.165, 1.54) is 6.20 Å². The van der Waals surface area contributed by atoms with Crippen molar-refractivity contribution in [2.45, 2.75) is 6.42 Å². The lowest BCUT2D eigenvalue weighted by molar-refractivity contribution is 0.102. The minimum atomic E-state index is -0.394. The van der Waals surface area contributed by atoms with Crippen molar-refractivity contribution in [1.82, 2.24) is 4.98 Å². The maximum absolute atomic E-state index is 12.3. The molecule has 0 fully saturated rings. The number of pyridine rings is 1. The summed E-state index contributed by atoms with van der Waals surface area (Å²) in [6.45, 7) is 1.12. The average Bonchev–Trinajstić information content (AvgIpc) is 2.73. The van der Waals surface area contributed by atoms with Gasteiger partial charge < -0.3 is 14.8 Å². The van der Waals surface area contributed by atoms with Crippen LogP contribution in [-0.2, 0) is 0 Å². The Morgan fingerprint density at radius 1 is 1.18 bits per heavy atom. The Morgan fingerprint density at radius 3 is 2.64 bits per heavy atom. The van der Waals surface area contributed by atoms with Gasteiger partial charge in [0.25, 0.3) is 5.91 Å². The van der Waals surface area contributed by atoms with Crippen molar-refractivity contribution in [3.63, 3.8) is 0 Å². The Balaban J connectivity index is 1.88. The summed E-state index contributed by atoms with van der Waals surface area (Å²) in [6.07, 6.45) is 2.30. The van der Waals surface area contributed by atoms with Gasteiger partial charge in [0.2, 0.25) is 0 Å². The van der Waals surface area contributed by atoms with Crippen molar-refractivity contribution in [3.05, 3.63) is 46.2 Å². The first kappa shape index (κ1) is 14.9. The topological polar surface area (TPSA) is 60.5 Å². The molecular weight excluding hydrogens is 327 g/mol. The molecule has 7 heteroatoms. The number of amides is 1. The third-order valence-corrected chi connectivity index (χ3v) is 3.70. The van der Waals surface area contributed by atoms with Crippen molar-refractivity contribution in [1.29, 1.82) is 0 Å². The Morgan fingerprint density at radius 2 is 1.91 bits per heavy atom. The highest BCUT2D eigenvalue weighted by Crippen LogP contribution is 2.37. The molecule has 0 saturated carbocycles. The van der Waals surface area contributed by atoms with Crippen LogP contribution in [0.1, 0.15) is 16.8 Å². The SMILES string of the molecule is O=C(Nc1cc2c(cc1Cl)OCCCO2)c1cccnc1Cl. The number of nitrogens with one attached hydrogen (secondary N) is 1. The standard InChI is InChI=1S/C15H12Cl2N2O3/c16-10-7-12-13(22-6-2-5-21-12)8-11(10)19-15(20)9-3-1-4-18-14(9)17/h1,3-4,7-8H,2,5-6H2,(H,19,20). The Labute approximate surface area is 137 Å². The van der Waals surface area contributed by atoms with Crippen molar-refractivity contribution < 1.29 is 14.3 Å². The molecular formula is C15H12Cl2N2O3. The van der Waals surface area contributed by atoms with Crippen LogP contribution in [0.3, 0.4) is 0 Å². The van der Waals surface area contributed by atoms with Gasteiger partial charge in [0.15, 0.2) is 11.5 Å². The molecule has 0 bridgehead atoms. The van der Waals surface area contributed by atoms with E-state index in [-0.39, 0.29) is 10.7 Å². The van der Waals surface area contributed by atoms with Crippen LogP contribution in [0.15, 0.2) is 30.5 Å². The van der Waals surface area contributed by atoms with Crippen molar-refractivity contribution in [3.8, 4) is 11.5 Å². The van der Waals surface area contributed by atoms with Crippen LogP contribution in [0.25, 0.3) is 0 Å². The van der Waals surface area contributed by atoms with E-state index in [1.54, 1.807) is 24.3 Å². The molecule has 5 nitrogen and oxygen atoms in total. The second kappa shape index (κ2) is 6.42. The summed E-state index contributed by atoms with van der Waals surface area (Å²) in [6, 6.07) is 6.49. The summed E-state index contributed by atoms with van der Waals surface area (Å²) < 4.78 is 11.1. The predicted octanol–water partition coefficient (Wildman–Crippen LogP) is 3.80. The summed E-state index contributed by atoms with van der Waals surface area (Å²) in [5.41, 5.74) is 0.697. The summed E-state index contributed by atoms with van der Waals surface area (Å²) in [4.78, 5) is 16.1. The molecule has 2 aromatic rings. The Hall–Kier alpha value is -1.98. The van der Waals surface area contributed by atoms with Crippen LogP contribution >= 0.6 is 23.2 Å². The highest BCUT2D eigenvalue weighted by atomic mass is 35.5. The molecule has 0 atom stereocenters. The molecule has 1 aliphatic heterocycles.